The lowest BCUT2D eigenvalue weighted by Gasteiger charge is -2.06. The highest BCUT2D eigenvalue weighted by Gasteiger charge is 2.29. The summed E-state index contributed by atoms with van der Waals surface area (Å²) < 4.78 is 0. The molecule has 0 unspecified atom stereocenters. The first kappa shape index (κ1) is 9.83. The quantitative estimate of drug-likeness (QED) is 0.900. The van der Waals surface area contributed by atoms with E-state index in [1.54, 1.807) is 11.3 Å². The third-order valence-electron chi connectivity index (χ3n) is 3.39. The fourth-order valence-corrected chi connectivity index (χ4v) is 3.00. The Kier molecular flexibility index (Phi) is 1.98. The van der Waals surface area contributed by atoms with Gasteiger partial charge in [0.25, 0.3) is 0 Å². The van der Waals surface area contributed by atoms with Gasteiger partial charge in [0, 0.05) is 16.8 Å². The van der Waals surface area contributed by atoms with E-state index in [2.05, 4.69) is 18.3 Å². The molecule has 0 amide bonds. The van der Waals surface area contributed by atoms with Crippen molar-refractivity contribution in [3.8, 4) is 0 Å². The number of aryl methyl sites for hydroxylation is 1. The summed E-state index contributed by atoms with van der Waals surface area (Å²) in [5, 5.41) is 4.76. The van der Waals surface area contributed by atoms with Crippen molar-refractivity contribution in [2.75, 3.05) is 5.32 Å². The largest absolute Gasteiger partial charge is 0.367 e. The molecular formula is C13H15N3S. The highest BCUT2D eigenvalue weighted by Crippen LogP contribution is 2.41. The summed E-state index contributed by atoms with van der Waals surface area (Å²) in [6, 6.07) is 2.86. The van der Waals surface area contributed by atoms with E-state index in [1.807, 2.05) is 0 Å². The van der Waals surface area contributed by atoms with Gasteiger partial charge in [-0.15, -0.1) is 11.3 Å². The molecule has 2 aliphatic rings. The van der Waals surface area contributed by atoms with E-state index in [-0.39, 0.29) is 0 Å². The van der Waals surface area contributed by atoms with Crippen LogP contribution in [-0.4, -0.2) is 16.0 Å². The van der Waals surface area contributed by atoms with Crippen LogP contribution in [0.15, 0.2) is 6.07 Å². The van der Waals surface area contributed by atoms with Crippen molar-refractivity contribution in [2.24, 2.45) is 0 Å². The second-order valence-electron chi connectivity index (χ2n) is 5.20. The van der Waals surface area contributed by atoms with Gasteiger partial charge < -0.3 is 5.32 Å². The minimum absolute atomic E-state index is 0.626. The summed E-state index contributed by atoms with van der Waals surface area (Å²) in [5.41, 5.74) is 0. The number of fused-ring (bicyclic) bond motifs is 1. The minimum atomic E-state index is 0.626. The summed E-state index contributed by atoms with van der Waals surface area (Å²) in [5.74, 6) is 2.76. The van der Waals surface area contributed by atoms with Gasteiger partial charge in [-0.3, -0.25) is 0 Å². The molecule has 0 spiro atoms. The maximum Gasteiger partial charge on any atom is 0.138 e. The molecule has 0 aromatic carbocycles. The molecule has 2 fully saturated rings. The number of anilines is 1. The Morgan fingerprint density at radius 2 is 2.06 bits per heavy atom. The zero-order valence-corrected chi connectivity index (χ0v) is 10.7. The summed E-state index contributed by atoms with van der Waals surface area (Å²) in [6.45, 7) is 2.14. The maximum absolute atomic E-state index is 4.74. The van der Waals surface area contributed by atoms with Crippen molar-refractivity contribution < 1.29 is 0 Å². The molecule has 3 nitrogen and oxygen atoms in total. The molecule has 2 aliphatic carbocycles. The molecule has 2 aromatic rings. The first-order valence-electron chi connectivity index (χ1n) is 6.34. The van der Waals surface area contributed by atoms with Crippen molar-refractivity contribution >= 4 is 27.4 Å². The molecule has 2 aromatic heterocycles. The topological polar surface area (TPSA) is 37.8 Å². The Hall–Kier alpha value is -1.16. The van der Waals surface area contributed by atoms with Gasteiger partial charge in [-0.05, 0) is 38.7 Å². The second-order valence-corrected chi connectivity index (χ2v) is 6.43. The summed E-state index contributed by atoms with van der Waals surface area (Å²) >= 11 is 1.78. The second kappa shape index (κ2) is 3.42. The van der Waals surface area contributed by atoms with Gasteiger partial charge in [-0.25, -0.2) is 9.97 Å². The lowest BCUT2D eigenvalue weighted by molar-refractivity contribution is 0.944. The standard InChI is InChI=1S/C13H15N3S/c1-7-6-10-12(14-9-4-5-9)15-11(8-2-3-8)16-13(10)17-7/h6,8-9H,2-5H2,1H3,(H,14,15,16). The highest BCUT2D eigenvalue weighted by molar-refractivity contribution is 7.18. The maximum atomic E-state index is 4.74. The van der Waals surface area contributed by atoms with Crippen LogP contribution in [0, 0.1) is 6.92 Å². The Morgan fingerprint density at radius 3 is 2.76 bits per heavy atom. The molecule has 4 heteroatoms. The van der Waals surface area contributed by atoms with E-state index in [4.69, 9.17) is 9.97 Å². The van der Waals surface area contributed by atoms with Crippen molar-refractivity contribution in [3.63, 3.8) is 0 Å². The van der Waals surface area contributed by atoms with Gasteiger partial charge in [-0.1, -0.05) is 0 Å². The number of nitrogens with zero attached hydrogens (tertiary/aromatic N) is 2. The molecule has 0 saturated heterocycles. The van der Waals surface area contributed by atoms with Gasteiger partial charge >= 0.3 is 0 Å². The molecule has 2 heterocycles. The molecule has 0 aliphatic heterocycles. The van der Waals surface area contributed by atoms with Crippen LogP contribution in [0.5, 0.6) is 0 Å². The van der Waals surface area contributed by atoms with E-state index >= 15 is 0 Å². The number of hydrogen-bond donors (Lipinski definition) is 1. The van der Waals surface area contributed by atoms with Crippen LogP contribution in [0.1, 0.15) is 42.3 Å². The smallest absolute Gasteiger partial charge is 0.138 e. The van der Waals surface area contributed by atoms with Gasteiger partial charge in [0.1, 0.15) is 16.5 Å². The molecule has 0 atom stereocenters. The third kappa shape index (κ3) is 1.80. The molecule has 2 saturated carbocycles. The molecule has 0 radical (unpaired) electrons. The predicted octanol–water partition coefficient (Wildman–Crippen LogP) is 3.45. The molecule has 4 rings (SSSR count). The van der Waals surface area contributed by atoms with Crippen molar-refractivity contribution in [2.45, 2.75) is 44.6 Å². The van der Waals surface area contributed by atoms with Gasteiger partial charge in [0.2, 0.25) is 0 Å². The Balaban J connectivity index is 1.86. The lowest BCUT2D eigenvalue weighted by atomic mass is 10.3. The van der Waals surface area contributed by atoms with Crippen LogP contribution in [-0.2, 0) is 0 Å². The SMILES string of the molecule is Cc1cc2c(NC3CC3)nc(C3CC3)nc2s1. The minimum Gasteiger partial charge on any atom is -0.367 e. The molecule has 17 heavy (non-hydrogen) atoms. The lowest BCUT2D eigenvalue weighted by Crippen LogP contribution is -2.05. The Morgan fingerprint density at radius 1 is 1.24 bits per heavy atom. The molecular weight excluding hydrogens is 230 g/mol. The first-order valence-corrected chi connectivity index (χ1v) is 7.16. The fraction of sp³-hybridized carbons (Fsp3) is 0.538. The van der Waals surface area contributed by atoms with Gasteiger partial charge in [-0.2, -0.15) is 0 Å². The summed E-state index contributed by atoms with van der Waals surface area (Å²) in [4.78, 5) is 11.9. The van der Waals surface area contributed by atoms with Crippen LogP contribution >= 0.6 is 11.3 Å². The summed E-state index contributed by atoms with van der Waals surface area (Å²) in [7, 11) is 0. The van der Waals surface area contributed by atoms with Crippen LogP contribution < -0.4 is 5.32 Å². The number of thiophene rings is 1. The van der Waals surface area contributed by atoms with E-state index in [9.17, 15) is 0 Å². The monoisotopic (exact) mass is 245 g/mol. The fourth-order valence-electron chi connectivity index (χ4n) is 2.11. The zero-order valence-electron chi connectivity index (χ0n) is 9.86. The Bertz CT molecular complexity index is 582. The van der Waals surface area contributed by atoms with E-state index in [1.165, 1.54) is 35.9 Å². The van der Waals surface area contributed by atoms with Crippen molar-refractivity contribution in [1.29, 1.82) is 0 Å². The zero-order chi connectivity index (χ0) is 11.4. The number of rotatable bonds is 3. The Labute approximate surface area is 104 Å². The first-order chi connectivity index (χ1) is 8.29. The van der Waals surface area contributed by atoms with Crippen molar-refractivity contribution in [1.82, 2.24) is 9.97 Å². The molecule has 1 N–H and O–H groups in total. The molecule has 0 bridgehead atoms. The van der Waals surface area contributed by atoms with E-state index in [0.717, 1.165) is 16.5 Å². The average Bonchev–Trinajstić information content (AvgIpc) is 3.17. The summed E-state index contributed by atoms with van der Waals surface area (Å²) in [6.07, 6.45) is 5.10. The average molecular weight is 245 g/mol. The predicted molar refractivity (Wildman–Crippen MR) is 70.8 cm³/mol. The van der Waals surface area contributed by atoms with Crippen LogP contribution in [0.25, 0.3) is 10.2 Å². The van der Waals surface area contributed by atoms with Crippen LogP contribution in [0.3, 0.4) is 0 Å². The van der Waals surface area contributed by atoms with E-state index < -0.39 is 0 Å². The number of hydrogen-bond acceptors (Lipinski definition) is 4. The number of nitrogens with one attached hydrogen (secondary N) is 1. The normalized spacial score (nSPS) is 19.8. The van der Waals surface area contributed by atoms with Crippen molar-refractivity contribution in [3.05, 3.63) is 16.8 Å². The number of aromatic nitrogens is 2. The van der Waals surface area contributed by atoms with Crippen LogP contribution in [0.2, 0.25) is 0 Å². The van der Waals surface area contributed by atoms with Gasteiger partial charge in [0.15, 0.2) is 0 Å². The highest BCUT2D eigenvalue weighted by atomic mass is 32.1. The molecule has 88 valence electrons. The van der Waals surface area contributed by atoms with Gasteiger partial charge in [0.05, 0.1) is 5.39 Å². The van der Waals surface area contributed by atoms with Crippen LogP contribution in [0.4, 0.5) is 5.82 Å². The third-order valence-corrected chi connectivity index (χ3v) is 4.34. The van der Waals surface area contributed by atoms with E-state index in [0.29, 0.717) is 12.0 Å².